The van der Waals surface area contributed by atoms with E-state index in [1.165, 1.54) is 0 Å². The van der Waals surface area contributed by atoms with Gasteiger partial charge in [0.25, 0.3) is 0 Å². The van der Waals surface area contributed by atoms with Crippen molar-refractivity contribution in [3.63, 3.8) is 0 Å². The number of sulfonamides is 1. The van der Waals surface area contributed by atoms with E-state index < -0.39 is 26.6 Å². The molecule has 1 fully saturated rings. The summed E-state index contributed by atoms with van der Waals surface area (Å²) in [7, 11) is -4.32. The van der Waals surface area contributed by atoms with Crippen LogP contribution in [0.25, 0.3) is 0 Å². The normalized spacial score (nSPS) is 15.6. The number of aryl methyl sites for hydroxylation is 1. The van der Waals surface area contributed by atoms with Crippen LogP contribution in [0.15, 0.2) is 23.1 Å². The van der Waals surface area contributed by atoms with E-state index in [-0.39, 0.29) is 38.5 Å². The Labute approximate surface area is 181 Å². The Hall–Kier alpha value is -2.33. The van der Waals surface area contributed by atoms with Crippen molar-refractivity contribution in [2.24, 2.45) is 5.92 Å². The molecular formula is C21H28F2N4O3S. The van der Waals surface area contributed by atoms with Gasteiger partial charge < -0.3 is 4.90 Å². The molecule has 2 heterocycles. The molecule has 1 aromatic heterocycles. The maximum absolute atomic E-state index is 14.0. The SMILES string of the molecule is Cc1nn(CC(C)C)c(C)c1CC(=O)N1CCN(S(=O)(=O)c2c(F)cccc2F)CC1. The molecule has 0 saturated carbocycles. The van der Waals surface area contributed by atoms with Crippen LogP contribution in [-0.2, 0) is 27.8 Å². The molecule has 1 aliphatic rings. The molecule has 7 nitrogen and oxygen atoms in total. The second-order valence-corrected chi connectivity index (χ2v) is 10.1. The van der Waals surface area contributed by atoms with Gasteiger partial charge in [-0.05, 0) is 31.9 Å². The van der Waals surface area contributed by atoms with Gasteiger partial charge in [0.15, 0.2) is 4.90 Å². The first-order chi connectivity index (χ1) is 14.5. The zero-order valence-corrected chi connectivity index (χ0v) is 19.0. The number of hydrogen-bond acceptors (Lipinski definition) is 4. The van der Waals surface area contributed by atoms with Gasteiger partial charge in [0, 0.05) is 44.0 Å². The lowest BCUT2D eigenvalue weighted by molar-refractivity contribution is -0.131. The van der Waals surface area contributed by atoms with Crippen LogP contribution in [0.2, 0.25) is 0 Å². The van der Waals surface area contributed by atoms with Crippen molar-refractivity contribution in [2.75, 3.05) is 26.2 Å². The molecule has 3 rings (SSSR count). The maximum Gasteiger partial charge on any atom is 0.249 e. The second kappa shape index (κ2) is 9.04. The van der Waals surface area contributed by atoms with Crippen molar-refractivity contribution in [1.82, 2.24) is 19.0 Å². The van der Waals surface area contributed by atoms with E-state index in [0.29, 0.717) is 5.92 Å². The van der Waals surface area contributed by atoms with E-state index in [1.807, 2.05) is 18.5 Å². The molecule has 0 atom stereocenters. The number of halogens is 2. The molecular weight excluding hydrogens is 426 g/mol. The molecule has 1 aromatic carbocycles. The number of hydrogen-bond donors (Lipinski definition) is 0. The first kappa shape index (κ1) is 23.3. The van der Waals surface area contributed by atoms with Gasteiger partial charge in [-0.1, -0.05) is 19.9 Å². The van der Waals surface area contributed by atoms with Gasteiger partial charge in [-0.2, -0.15) is 9.40 Å². The van der Waals surface area contributed by atoms with Crippen LogP contribution < -0.4 is 0 Å². The highest BCUT2D eigenvalue weighted by Crippen LogP contribution is 2.24. The number of aromatic nitrogens is 2. The fourth-order valence-electron chi connectivity index (χ4n) is 3.81. The Morgan fingerprint density at radius 1 is 1.10 bits per heavy atom. The summed E-state index contributed by atoms with van der Waals surface area (Å²) in [5.74, 6) is -1.94. The van der Waals surface area contributed by atoms with Gasteiger partial charge in [-0.15, -0.1) is 0 Å². The van der Waals surface area contributed by atoms with Gasteiger partial charge in [-0.25, -0.2) is 17.2 Å². The summed E-state index contributed by atoms with van der Waals surface area (Å²) in [6.07, 6.45) is 0.185. The Morgan fingerprint density at radius 3 is 2.23 bits per heavy atom. The predicted molar refractivity (Wildman–Crippen MR) is 112 cm³/mol. The fourth-order valence-corrected chi connectivity index (χ4v) is 5.34. The maximum atomic E-state index is 14.0. The highest BCUT2D eigenvalue weighted by atomic mass is 32.2. The Balaban J connectivity index is 1.68. The molecule has 0 spiro atoms. The smallest absolute Gasteiger partial charge is 0.249 e. The highest BCUT2D eigenvalue weighted by molar-refractivity contribution is 7.89. The van der Waals surface area contributed by atoms with Gasteiger partial charge in [0.2, 0.25) is 15.9 Å². The lowest BCUT2D eigenvalue weighted by atomic mass is 10.1. The minimum Gasteiger partial charge on any atom is -0.340 e. The van der Waals surface area contributed by atoms with Crippen molar-refractivity contribution in [2.45, 2.75) is 45.6 Å². The summed E-state index contributed by atoms with van der Waals surface area (Å²) in [5, 5.41) is 4.53. The summed E-state index contributed by atoms with van der Waals surface area (Å²) in [6.45, 7) is 9.06. The quantitative estimate of drug-likeness (QED) is 0.672. The third kappa shape index (κ3) is 4.79. The number of carbonyl (C=O) groups excluding carboxylic acids is 1. The van der Waals surface area contributed by atoms with E-state index in [2.05, 4.69) is 18.9 Å². The zero-order valence-electron chi connectivity index (χ0n) is 18.2. The van der Waals surface area contributed by atoms with Crippen molar-refractivity contribution >= 4 is 15.9 Å². The average Bonchev–Trinajstić information content (AvgIpc) is 2.94. The van der Waals surface area contributed by atoms with Gasteiger partial charge in [0.05, 0.1) is 12.1 Å². The molecule has 2 aromatic rings. The largest absolute Gasteiger partial charge is 0.340 e. The van der Waals surface area contributed by atoms with Crippen LogP contribution in [0.5, 0.6) is 0 Å². The summed E-state index contributed by atoms with van der Waals surface area (Å²) >= 11 is 0. The zero-order chi connectivity index (χ0) is 22.9. The predicted octanol–water partition coefficient (Wildman–Crippen LogP) is 2.51. The lowest BCUT2D eigenvalue weighted by Crippen LogP contribution is -2.51. The van der Waals surface area contributed by atoms with Crippen LogP contribution >= 0.6 is 0 Å². The molecule has 0 unspecified atom stereocenters. The summed E-state index contributed by atoms with van der Waals surface area (Å²) in [5.41, 5.74) is 2.65. The van der Waals surface area contributed by atoms with Crippen LogP contribution in [0.4, 0.5) is 8.78 Å². The number of amides is 1. The molecule has 31 heavy (non-hydrogen) atoms. The van der Waals surface area contributed by atoms with Gasteiger partial charge >= 0.3 is 0 Å². The second-order valence-electron chi connectivity index (χ2n) is 8.24. The van der Waals surface area contributed by atoms with E-state index in [1.54, 1.807) is 4.90 Å². The monoisotopic (exact) mass is 454 g/mol. The minimum absolute atomic E-state index is 0.0214. The van der Waals surface area contributed by atoms with Crippen molar-refractivity contribution in [1.29, 1.82) is 0 Å². The van der Waals surface area contributed by atoms with Gasteiger partial charge in [-0.3, -0.25) is 9.48 Å². The molecule has 0 N–H and O–H groups in total. The molecule has 1 amide bonds. The molecule has 10 heteroatoms. The van der Waals surface area contributed by atoms with Gasteiger partial charge in [0.1, 0.15) is 11.6 Å². The topological polar surface area (TPSA) is 75.5 Å². The third-order valence-electron chi connectivity index (χ3n) is 5.51. The number of nitrogens with zero attached hydrogens (tertiary/aromatic N) is 4. The standard InChI is InChI=1S/C21H28F2N4O3S/c1-14(2)13-27-16(4)17(15(3)24-27)12-20(28)25-8-10-26(11-9-25)31(29,30)21-18(22)6-5-7-19(21)23/h5-7,14H,8-13H2,1-4H3. The Bertz CT molecular complexity index is 1050. The van der Waals surface area contributed by atoms with Crippen LogP contribution in [0.1, 0.15) is 30.8 Å². The first-order valence-electron chi connectivity index (χ1n) is 10.3. The third-order valence-corrected chi connectivity index (χ3v) is 7.46. The fraction of sp³-hybridized carbons (Fsp3) is 0.524. The molecule has 0 bridgehead atoms. The average molecular weight is 455 g/mol. The molecule has 0 aliphatic carbocycles. The minimum atomic E-state index is -4.32. The Kier molecular flexibility index (Phi) is 6.80. The molecule has 0 radical (unpaired) electrons. The van der Waals surface area contributed by atoms with E-state index in [4.69, 9.17) is 0 Å². The number of carbonyl (C=O) groups is 1. The molecule has 1 aliphatic heterocycles. The highest BCUT2D eigenvalue weighted by Gasteiger charge is 2.34. The van der Waals surface area contributed by atoms with Crippen LogP contribution in [0, 0.1) is 31.4 Å². The van der Waals surface area contributed by atoms with Crippen LogP contribution in [0.3, 0.4) is 0 Å². The molecule has 1 saturated heterocycles. The summed E-state index contributed by atoms with van der Waals surface area (Å²) in [4.78, 5) is 13.5. The van der Waals surface area contributed by atoms with E-state index in [0.717, 1.165) is 46.0 Å². The van der Waals surface area contributed by atoms with E-state index in [9.17, 15) is 22.0 Å². The van der Waals surface area contributed by atoms with E-state index >= 15 is 0 Å². The number of benzene rings is 1. The summed E-state index contributed by atoms with van der Waals surface area (Å²) in [6, 6.07) is 2.95. The first-order valence-corrected chi connectivity index (χ1v) is 11.7. The number of piperazine rings is 1. The van der Waals surface area contributed by atoms with Crippen LogP contribution in [-0.4, -0.2) is 59.5 Å². The van der Waals surface area contributed by atoms with Crippen molar-refractivity contribution < 1.29 is 22.0 Å². The molecule has 170 valence electrons. The van der Waals surface area contributed by atoms with Crippen molar-refractivity contribution in [3.05, 3.63) is 46.8 Å². The van der Waals surface area contributed by atoms with Crippen molar-refractivity contribution in [3.8, 4) is 0 Å². The number of rotatable bonds is 6. The summed E-state index contributed by atoms with van der Waals surface area (Å²) < 4.78 is 56.3. The Morgan fingerprint density at radius 2 is 1.68 bits per heavy atom. The lowest BCUT2D eigenvalue weighted by Gasteiger charge is -2.34.